The third-order valence-electron chi connectivity index (χ3n) is 3.15. The van der Waals surface area contributed by atoms with E-state index in [1.807, 2.05) is 32.0 Å². The average Bonchev–Trinajstić information content (AvgIpc) is 2.58. The molecule has 0 saturated carbocycles. The van der Waals surface area contributed by atoms with Crippen LogP contribution in [0.4, 0.5) is 11.6 Å². The summed E-state index contributed by atoms with van der Waals surface area (Å²) in [6.45, 7) is 4.38. The molecule has 3 heterocycles. The number of hydrogen-bond donors (Lipinski definition) is 1. The third kappa shape index (κ3) is 3.98. The second kappa shape index (κ2) is 7.41. The molecule has 3 aromatic rings. The summed E-state index contributed by atoms with van der Waals surface area (Å²) in [5.41, 5.74) is 0.926. The molecule has 0 aliphatic heterocycles. The van der Waals surface area contributed by atoms with E-state index in [4.69, 9.17) is 9.47 Å². The second-order valence-electron chi connectivity index (χ2n) is 5.02. The molecule has 1 N–H and O–H groups in total. The Morgan fingerprint density at radius 2 is 1.92 bits per heavy atom. The SMILES string of the molecule is CCOc1cc(Oc2ccncc2)cnc1Nc1cccc(C)n1. The fraction of sp³-hybridized carbons (Fsp3) is 0.167. The van der Waals surface area contributed by atoms with Crippen molar-refractivity contribution < 1.29 is 9.47 Å². The zero-order valence-electron chi connectivity index (χ0n) is 13.6. The van der Waals surface area contributed by atoms with E-state index < -0.39 is 0 Å². The zero-order chi connectivity index (χ0) is 16.8. The summed E-state index contributed by atoms with van der Waals surface area (Å²) in [6, 6.07) is 11.1. The monoisotopic (exact) mass is 322 g/mol. The maximum absolute atomic E-state index is 5.76. The number of aromatic nitrogens is 3. The standard InChI is InChI=1S/C18H18N4O2/c1-3-23-16-11-15(24-14-7-9-19-10-8-14)12-20-18(16)22-17-6-4-5-13(2)21-17/h4-12H,3H2,1-2H3,(H,20,21,22). The lowest BCUT2D eigenvalue weighted by Crippen LogP contribution is -2.02. The van der Waals surface area contributed by atoms with Crippen LogP contribution >= 0.6 is 0 Å². The first-order valence-electron chi connectivity index (χ1n) is 7.66. The molecule has 0 aliphatic carbocycles. The molecule has 6 heteroatoms. The number of rotatable bonds is 6. The van der Waals surface area contributed by atoms with Crippen LogP contribution < -0.4 is 14.8 Å². The van der Waals surface area contributed by atoms with Gasteiger partial charge in [0.1, 0.15) is 17.3 Å². The van der Waals surface area contributed by atoms with Gasteiger partial charge in [-0.2, -0.15) is 0 Å². The molecule has 0 radical (unpaired) electrons. The van der Waals surface area contributed by atoms with Crippen LogP contribution in [0.15, 0.2) is 55.0 Å². The van der Waals surface area contributed by atoms with Gasteiger partial charge >= 0.3 is 0 Å². The first-order chi connectivity index (χ1) is 11.7. The minimum Gasteiger partial charge on any atom is -0.490 e. The maximum atomic E-state index is 5.76. The Labute approximate surface area is 140 Å². The lowest BCUT2D eigenvalue weighted by molar-refractivity contribution is 0.338. The molecular formula is C18H18N4O2. The molecular weight excluding hydrogens is 304 g/mol. The van der Waals surface area contributed by atoms with E-state index in [9.17, 15) is 0 Å². The summed E-state index contributed by atoms with van der Waals surface area (Å²) in [5.74, 6) is 3.19. The molecule has 0 saturated heterocycles. The molecule has 0 unspecified atom stereocenters. The van der Waals surface area contributed by atoms with Crippen LogP contribution in [0.5, 0.6) is 17.2 Å². The summed E-state index contributed by atoms with van der Waals surface area (Å²) < 4.78 is 11.4. The molecule has 0 amide bonds. The lowest BCUT2D eigenvalue weighted by atomic mass is 10.3. The van der Waals surface area contributed by atoms with Crippen LogP contribution in [0.3, 0.4) is 0 Å². The quantitative estimate of drug-likeness (QED) is 0.736. The van der Waals surface area contributed by atoms with Gasteiger partial charge in [0.25, 0.3) is 0 Å². The van der Waals surface area contributed by atoms with Crippen LogP contribution in [0, 0.1) is 6.92 Å². The van der Waals surface area contributed by atoms with Crippen molar-refractivity contribution in [3.63, 3.8) is 0 Å². The number of anilines is 2. The van der Waals surface area contributed by atoms with E-state index in [-0.39, 0.29) is 0 Å². The Morgan fingerprint density at radius 1 is 1.08 bits per heavy atom. The Bertz CT molecular complexity index is 809. The highest BCUT2D eigenvalue weighted by atomic mass is 16.5. The highest BCUT2D eigenvalue weighted by molar-refractivity contribution is 5.61. The Morgan fingerprint density at radius 3 is 2.67 bits per heavy atom. The molecule has 3 aromatic heterocycles. The van der Waals surface area contributed by atoms with Crippen molar-refractivity contribution in [1.29, 1.82) is 0 Å². The Balaban J connectivity index is 1.84. The number of pyridine rings is 3. The number of hydrogen-bond acceptors (Lipinski definition) is 6. The van der Waals surface area contributed by atoms with Gasteiger partial charge in [0.2, 0.25) is 0 Å². The molecule has 6 nitrogen and oxygen atoms in total. The summed E-state index contributed by atoms with van der Waals surface area (Å²) in [4.78, 5) is 12.8. The number of aryl methyl sites for hydroxylation is 1. The van der Waals surface area contributed by atoms with Crippen LogP contribution in [0.25, 0.3) is 0 Å². The maximum Gasteiger partial charge on any atom is 0.174 e. The number of nitrogens with zero attached hydrogens (tertiary/aromatic N) is 3. The highest BCUT2D eigenvalue weighted by Crippen LogP contribution is 2.31. The van der Waals surface area contributed by atoms with Crippen LogP contribution in [0.2, 0.25) is 0 Å². The molecule has 3 rings (SSSR count). The van der Waals surface area contributed by atoms with E-state index in [0.717, 1.165) is 5.69 Å². The van der Waals surface area contributed by atoms with Gasteiger partial charge in [-0.25, -0.2) is 9.97 Å². The molecule has 0 aromatic carbocycles. The van der Waals surface area contributed by atoms with Crippen LogP contribution in [-0.4, -0.2) is 21.6 Å². The highest BCUT2D eigenvalue weighted by Gasteiger charge is 2.09. The number of ether oxygens (including phenoxy) is 2. The summed E-state index contributed by atoms with van der Waals surface area (Å²) in [5, 5.41) is 3.18. The summed E-state index contributed by atoms with van der Waals surface area (Å²) in [6.07, 6.45) is 4.98. The van der Waals surface area contributed by atoms with Gasteiger partial charge < -0.3 is 14.8 Å². The smallest absolute Gasteiger partial charge is 0.174 e. The minimum absolute atomic E-state index is 0.524. The van der Waals surface area contributed by atoms with Crippen molar-refractivity contribution in [2.24, 2.45) is 0 Å². The average molecular weight is 322 g/mol. The van der Waals surface area contributed by atoms with Crippen molar-refractivity contribution in [2.45, 2.75) is 13.8 Å². The Kier molecular flexibility index (Phi) is 4.86. The largest absolute Gasteiger partial charge is 0.490 e. The van der Waals surface area contributed by atoms with Gasteiger partial charge in [0.15, 0.2) is 11.6 Å². The second-order valence-corrected chi connectivity index (χ2v) is 5.02. The fourth-order valence-electron chi connectivity index (χ4n) is 2.12. The van der Waals surface area contributed by atoms with Gasteiger partial charge in [0.05, 0.1) is 12.8 Å². The van der Waals surface area contributed by atoms with Gasteiger partial charge in [-0.1, -0.05) is 6.07 Å². The van der Waals surface area contributed by atoms with Gasteiger partial charge in [-0.15, -0.1) is 0 Å². The van der Waals surface area contributed by atoms with E-state index in [1.54, 1.807) is 36.8 Å². The van der Waals surface area contributed by atoms with E-state index in [0.29, 0.717) is 35.5 Å². The van der Waals surface area contributed by atoms with Crippen molar-refractivity contribution in [3.05, 3.63) is 60.7 Å². The van der Waals surface area contributed by atoms with Gasteiger partial charge in [-0.3, -0.25) is 4.98 Å². The topological polar surface area (TPSA) is 69.2 Å². The molecule has 0 atom stereocenters. The lowest BCUT2D eigenvalue weighted by Gasteiger charge is -2.13. The van der Waals surface area contributed by atoms with E-state index in [2.05, 4.69) is 20.3 Å². The predicted octanol–water partition coefficient (Wildman–Crippen LogP) is 4.11. The molecule has 24 heavy (non-hydrogen) atoms. The third-order valence-corrected chi connectivity index (χ3v) is 3.15. The van der Waals surface area contributed by atoms with Crippen molar-refractivity contribution in [2.75, 3.05) is 11.9 Å². The molecule has 0 spiro atoms. The van der Waals surface area contributed by atoms with Crippen LogP contribution in [-0.2, 0) is 0 Å². The summed E-state index contributed by atoms with van der Waals surface area (Å²) in [7, 11) is 0. The van der Waals surface area contributed by atoms with Gasteiger partial charge in [0, 0.05) is 24.2 Å². The van der Waals surface area contributed by atoms with Gasteiger partial charge in [-0.05, 0) is 38.1 Å². The van der Waals surface area contributed by atoms with Crippen molar-refractivity contribution in [3.8, 4) is 17.2 Å². The van der Waals surface area contributed by atoms with E-state index >= 15 is 0 Å². The van der Waals surface area contributed by atoms with E-state index in [1.165, 1.54) is 0 Å². The molecule has 122 valence electrons. The summed E-state index contributed by atoms with van der Waals surface area (Å²) >= 11 is 0. The van der Waals surface area contributed by atoms with Crippen molar-refractivity contribution in [1.82, 2.24) is 15.0 Å². The van der Waals surface area contributed by atoms with Crippen LogP contribution in [0.1, 0.15) is 12.6 Å². The zero-order valence-corrected chi connectivity index (χ0v) is 13.6. The first kappa shape index (κ1) is 15.7. The predicted molar refractivity (Wildman–Crippen MR) is 92.0 cm³/mol. The fourth-order valence-corrected chi connectivity index (χ4v) is 2.12. The molecule has 0 bridgehead atoms. The van der Waals surface area contributed by atoms with Crippen molar-refractivity contribution >= 4 is 11.6 Å². The molecule has 0 fully saturated rings. The Hall–Kier alpha value is -3.15. The normalized spacial score (nSPS) is 10.2. The minimum atomic E-state index is 0.524. The molecule has 0 aliphatic rings. The first-order valence-corrected chi connectivity index (χ1v) is 7.66. The number of nitrogens with one attached hydrogen (secondary N) is 1.